The summed E-state index contributed by atoms with van der Waals surface area (Å²) >= 11 is 0. The van der Waals surface area contributed by atoms with Crippen molar-refractivity contribution in [2.24, 2.45) is 5.92 Å². The lowest BCUT2D eigenvalue weighted by Gasteiger charge is -2.27. The van der Waals surface area contributed by atoms with Crippen molar-refractivity contribution in [3.05, 3.63) is 24.0 Å². The molecular weight excluding hydrogens is 282 g/mol. The molecule has 1 amide bonds. The highest BCUT2D eigenvalue weighted by Gasteiger charge is 2.25. The minimum Gasteiger partial charge on any atom is -0.488 e. The van der Waals surface area contributed by atoms with Crippen LogP contribution in [-0.4, -0.2) is 41.2 Å². The molecule has 118 valence electrons. The van der Waals surface area contributed by atoms with Crippen molar-refractivity contribution < 1.29 is 23.4 Å². The highest BCUT2D eigenvalue weighted by molar-refractivity contribution is 5.92. The Hall–Kier alpha value is -1.76. The lowest BCUT2D eigenvalue weighted by Crippen LogP contribution is -2.44. The summed E-state index contributed by atoms with van der Waals surface area (Å²) in [5.74, 6) is -0.393. The number of nitrogens with one attached hydrogen (secondary N) is 1. The van der Waals surface area contributed by atoms with Crippen molar-refractivity contribution >= 4 is 5.91 Å². The fraction of sp³-hybridized carbons (Fsp3) is 0.571. The summed E-state index contributed by atoms with van der Waals surface area (Å²) in [6.07, 6.45) is -1.28. The van der Waals surface area contributed by atoms with Gasteiger partial charge in [0.05, 0.1) is 5.60 Å². The van der Waals surface area contributed by atoms with Crippen molar-refractivity contribution in [3.8, 4) is 5.75 Å². The van der Waals surface area contributed by atoms with E-state index in [0.29, 0.717) is 0 Å². The number of carbonyl (C=O) groups excluding carboxylic acids is 1. The van der Waals surface area contributed by atoms with E-state index in [4.69, 9.17) is 4.74 Å². The molecule has 7 heteroatoms. The maximum atomic E-state index is 12.1. The van der Waals surface area contributed by atoms with Crippen molar-refractivity contribution in [1.82, 2.24) is 10.3 Å². The average Bonchev–Trinajstić information content (AvgIpc) is 2.42. The van der Waals surface area contributed by atoms with Crippen LogP contribution in [0.15, 0.2) is 18.3 Å². The van der Waals surface area contributed by atoms with Gasteiger partial charge in [-0.15, -0.1) is 0 Å². The number of rotatable bonds is 7. The molecule has 0 aromatic carbocycles. The topological polar surface area (TPSA) is 71.5 Å². The van der Waals surface area contributed by atoms with E-state index in [2.05, 4.69) is 10.3 Å². The minimum absolute atomic E-state index is 0.0357. The van der Waals surface area contributed by atoms with E-state index in [9.17, 15) is 18.7 Å². The van der Waals surface area contributed by atoms with Crippen LogP contribution in [0.4, 0.5) is 8.78 Å². The van der Waals surface area contributed by atoms with Crippen LogP contribution in [0.1, 0.15) is 31.3 Å². The van der Waals surface area contributed by atoms with Gasteiger partial charge in [0.2, 0.25) is 0 Å². The zero-order valence-electron chi connectivity index (χ0n) is 12.3. The third-order valence-electron chi connectivity index (χ3n) is 3.19. The molecule has 1 aromatic rings. The van der Waals surface area contributed by atoms with Crippen molar-refractivity contribution in [3.63, 3.8) is 0 Å². The van der Waals surface area contributed by atoms with Crippen LogP contribution >= 0.6 is 0 Å². The Labute approximate surface area is 122 Å². The van der Waals surface area contributed by atoms with Crippen LogP contribution in [0.3, 0.4) is 0 Å². The van der Waals surface area contributed by atoms with Gasteiger partial charge in [-0.3, -0.25) is 9.78 Å². The Morgan fingerprint density at radius 3 is 2.76 bits per heavy atom. The van der Waals surface area contributed by atoms with E-state index >= 15 is 0 Å². The maximum Gasteiger partial charge on any atom is 0.272 e. The van der Waals surface area contributed by atoms with Gasteiger partial charge in [-0.2, -0.15) is 0 Å². The number of amides is 1. The molecule has 21 heavy (non-hydrogen) atoms. The number of alkyl halides is 2. The quantitative estimate of drug-likeness (QED) is 0.806. The number of pyridine rings is 1. The van der Waals surface area contributed by atoms with E-state index in [-0.39, 0.29) is 23.9 Å². The summed E-state index contributed by atoms with van der Waals surface area (Å²) in [4.78, 5) is 15.8. The van der Waals surface area contributed by atoms with Gasteiger partial charge in [0.1, 0.15) is 18.1 Å². The predicted octanol–water partition coefficient (Wildman–Crippen LogP) is 1.86. The molecule has 0 saturated carbocycles. The van der Waals surface area contributed by atoms with Crippen LogP contribution in [0.5, 0.6) is 5.75 Å². The first-order chi connectivity index (χ1) is 9.72. The Morgan fingerprint density at radius 2 is 2.19 bits per heavy atom. The van der Waals surface area contributed by atoms with Crippen LogP contribution in [-0.2, 0) is 0 Å². The van der Waals surface area contributed by atoms with Crippen molar-refractivity contribution in [2.45, 2.75) is 32.8 Å². The van der Waals surface area contributed by atoms with Crippen molar-refractivity contribution in [2.75, 3.05) is 13.2 Å². The molecule has 0 aliphatic rings. The fourth-order valence-corrected chi connectivity index (χ4v) is 1.34. The molecule has 0 radical (unpaired) electrons. The van der Waals surface area contributed by atoms with Gasteiger partial charge in [-0.25, -0.2) is 8.78 Å². The second kappa shape index (κ2) is 7.31. The van der Waals surface area contributed by atoms with E-state index in [1.165, 1.54) is 18.3 Å². The lowest BCUT2D eigenvalue weighted by molar-refractivity contribution is 0.0142. The largest absolute Gasteiger partial charge is 0.488 e. The van der Waals surface area contributed by atoms with Gasteiger partial charge < -0.3 is 15.2 Å². The van der Waals surface area contributed by atoms with Crippen LogP contribution in [0, 0.1) is 5.92 Å². The first-order valence-corrected chi connectivity index (χ1v) is 6.60. The molecule has 1 rings (SSSR count). The number of ether oxygens (including phenoxy) is 1. The molecular formula is C14H20F2N2O3. The summed E-state index contributed by atoms with van der Waals surface area (Å²) in [6.45, 7) is 4.61. The summed E-state index contributed by atoms with van der Waals surface area (Å²) in [5.41, 5.74) is -0.999. The summed E-state index contributed by atoms with van der Waals surface area (Å²) in [5, 5.41) is 12.6. The summed E-state index contributed by atoms with van der Waals surface area (Å²) < 4.78 is 28.9. The standard InChI is InChI=1S/C14H20F2N2O3/c1-9(2)14(3,20)8-18-13(19)11-6-10(4-5-17-11)21-7-12(15)16/h4-6,9,12,20H,7-8H2,1-3H3,(H,18,19). The highest BCUT2D eigenvalue weighted by Crippen LogP contribution is 2.15. The van der Waals surface area contributed by atoms with E-state index in [1.807, 2.05) is 13.8 Å². The molecule has 1 heterocycles. The first-order valence-electron chi connectivity index (χ1n) is 6.60. The Morgan fingerprint density at radius 1 is 1.52 bits per heavy atom. The monoisotopic (exact) mass is 302 g/mol. The number of aliphatic hydroxyl groups is 1. The van der Waals surface area contributed by atoms with E-state index in [1.54, 1.807) is 6.92 Å². The molecule has 0 aliphatic carbocycles. The molecule has 1 unspecified atom stereocenters. The number of hydrogen-bond donors (Lipinski definition) is 2. The number of aromatic nitrogens is 1. The molecule has 1 atom stereocenters. The van der Waals surface area contributed by atoms with E-state index < -0.39 is 24.5 Å². The summed E-state index contributed by atoms with van der Waals surface area (Å²) in [6, 6.07) is 2.67. The van der Waals surface area contributed by atoms with Gasteiger partial charge in [-0.05, 0) is 18.9 Å². The second-order valence-electron chi connectivity index (χ2n) is 5.27. The smallest absolute Gasteiger partial charge is 0.272 e. The first kappa shape index (κ1) is 17.3. The maximum absolute atomic E-state index is 12.1. The second-order valence-corrected chi connectivity index (χ2v) is 5.27. The molecule has 5 nitrogen and oxygen atoms in total. The molecule has 2 N–H and O–H groups in total. The predicted molar refractivity (Wildman–Crippen MR) is 73.5 cm³/mol. The Bertz CT molecular complexity index is 479. The van der Waals surface area contributed by atoms with Gasteiger partial charge in [0, 0.05) is 18.8 Å². The zero-order valence-corrected chi connectivity index (χ0v) is 12.3. The molecule has 1 aromatic heterocycles. The third kappa shape index (κ3) is 5.63. The number of hydrogen-bond acceptors (Lipinski definition) is 4. The van der Waals surface area contributed by atoms with Crippen LogP contribution in [0.25, 0.3) is 0 Å². The molecule has 0 spiro atoms. The minimum atomic E-state index is -2.59. The molecule has 0 fully saturated rings. The van der Waals surface area contributed by atoms with E-state index in [0.717, 1.165) is 0 Å². The molecule has 0 bridgehead atoms. The number of halogens is 2. The van der Waals surface area contributed by atoms with Gasteiger partial charge >= 0.3 is 0 Å². The highest BCUT2D eigenvalue weighted by atomic mass is 19.3. The zero-order chi connectivity index (χ0) is 16.0. The Balaban J connectivity index is 2.64. The molecule has 0 saturated heterocycles. The number of nitrogens with zero attached hydrogens (tertiary/aromatic N) is 1. The normalized spacial score (nSPS) is 14.1. The third-order valence-corrected chi connectivity index (χ3v) is 3.19. The lowest BCUT2D eigenvalue weighted by atomic mass is 9.92. The van der Waals surface area contributed by atoms with Gasteiger partial charge in [0.25, 0.3) is 12.3 Å². The van der Waals surface area contributed by atoms with Gasteiger partial charge in [0.15, 0.2) is 0 Å². The molecule has 0 aliphatic heterocycles. The van der Waals surface area contributed by atoms with Gasteiger partial charge in [-0.1, -0.05) is 13.8 Å². The SMILES string of the molecule is CC(C)C(C)(O)CNC(=O)c1cc(OCC(F)F)ccn1. The average molecular weight is 302 g/mol. The summed E-state index contributed by atoms with van der Waals surface area (Å²) in [7, 11) is 0. The van der Waals surface area contributed by atoms with Crippen LogP contribution < -0.4 is 10.1 Å². The number of carbonyl (C=O) groups is 1. The Kier molecular flexibility index (Phi) is 6.02. The fourth-order valence-electron chi connectivity index (χ4n) is 1.34. The van der Waals surface area contributed by atoms with Crippen LogP contribution in [0.2, 0.25) is 0 Å². The van der Waals surface area contributed by atoms with Crippen molar-refractivity contribution in [1.29, 1.82) is 0 Å².